The molecule has 0 bridgehead atoms. The standard InChI is InChI=1S/C4H10S2/c1-3-6-4-5-2/h3-4H2,1-2H3. The largest absolute Gasteiger partial charge is 0.155 e. The lowest BCUT2D eigenvalue weighted by molar-refractivity contribution is 1.53. The zero-order valence-electron chi connectivity index (χ0n) is 4.23. The number of hydrogen-bond donors (Lipinski definition) is 0. The summed E-state index contributed by atoms with van der Waals surface area (Å²) in [6, 6.07) is 0. The van der Waals surface area contributed by atoms with Gasteiger partial charge in [0.05, 0.1) is 0 Å². The second-order valence-electron chi connectivity index (χ2n) is 0.899. The van der Waals surface area contributed by atoms with Crippen LogP contribution < -0.4 is 0 Å². The van der Waals surface area contributed by atoms with Crippen molar-refractivity contribution in [2.75, 3.05) is 17.1 Å². The first kappa shape index (κ1) is 6.70. The molecule has 0 atom stereocenters. The van der Waals surface area contributed by atoms with Crippen LogP contribution in [0.25, 0.3) is 0 Å². The number of hydrogen-bond acceptors (Lipinski definition) is 2. The van der Waals surface area contributed by atoms with Gasteiger partial charge in [0.2, 0.25) is 0 Å². The van der Waals surface area contributed by atoms with E-state index in [1.54, 1.807) is 0 Å². The molecule has 0 nitrogen and oxygen atoms in total. The van der Waals surface area contributed by atoms with Gasteiger partial charge < -0.3 is 0 Å². The molecule has 6 heavy (non-hydrogen) atoms. The van der Waals surface area contributed by atoms with Crippen molar-refractivity contribution in [1.82, 2.24) is 0 Å². The Hall–Kier alpha value is 0.700. The van der Waals surface area contributed by atoms with Gasteiger partial charge in [0.15, 0.2) is 0 Å². The first-order chi connectivity index (χ1) is 2.91. The molecular formula is C4H10S2. The van der Waals surface area contributed by atoms with E-state index in [4.69, 9.17) is 0 Å². The lowest BCUT2D eigenvalue weighted by Gasteiger charge is -1.87. The molecule has 0 saturated heterocycles. The number of thioether (sulfide) groups is 2. The van der Waals surface area contributed by atoms with Gasteiger partial charge in [-0.25, -0.2) is 0 Å². The molecule has 0 heterocycles. The molecule has 0 unspecified atom stereocenters. The lowest BCUT2D eigenvalue weighted by atomic mass is 11.0. The average molecular weight is 122 g/mol. The van der Waals surface area contributed by atoms with Crippen LogP contribution in [0.4, 0.5) is 0 Å². The van der Waals surface area contributed by atoms with Crippen LogP contribution in [-0.2, 0) is 0 Å². The lowest BCUT2D eigenvalue weighted by Crippen LogP contribution is -1.66. The van der Waals surface area contributed by atoms with E-state index in [9.17, 15) is 0 Å². The maximum Gasteiger partial charge on any atom is 0.0389 e. The second-order valence-corrected chi connectivity index (χ2v) is 3.41. The first-order valence-electron chi connectivity index (χ1n) is 1.98. The van der Waals surface area contributed by atoms with E-state index in [1.807, 2.05) is 23.5 Å². The summed E-state index contributed by atoms with van der Waals surface area (Å²) in [4.78, 5) is 0. The van der Waals surface area contributed by atoms with Gasteiger partial charge in [-0.1, -0.05) is 6.92 Å². The van der Waals surface area contributed by atoms with Gasteiger partial charge >= 0.3 is 0 Å². The predicted molar refractivity (Wildman–Crippen MR) is 36.5 cm³/mol. The van der Waals surface area contributed by atoms with Crippen LogP contribution in [0.2, 0.25) is 0 Å². The monoisotopic (exact) mass is 122 g/mol. The molecule has 0 aromatic rings. The molecule has 0 aliphatic heterocycles. The summed E-state index contributed by atoms with van der Waals surface area (Å²) < 4.78 is 0. The molecule has 2 heteroatoms. The molecule has 38 valence electrons. The van der Waals surface area contributed by atoms with E-state index < -0.39 is 0 Å². The maximum atomic E-state index is 2.18. The minimum absolute atomic E-state index is 1.25. The van der Waals surface area contributed by atoms with Crippen LogP contribution in [0.5, 0.6) is 0 Å². The highest BCUT2D eigenvalue weighted by atomic mass is 32.2. The molecule has 0 saturated carbocycles. The minimum atomic E-state index is 1.25. The van der Waals surface area contributed by atoms with Gasteiger partial charge in [0, 0.05) is 5.08 Å². The fourth-order valence-electron chi connectivity index (χ4n) is 0.167. The summed E-state index contributed by atoms with van der Waals surface area (Å²) in [5, 5.41) is 1.25. The van der Waals surface area contributed by atoms with Crippen LogP contribution in [-0.4, -0.2) is 17.1 Å². The third-order valence-electron chi connectivity index (χ3n) is 0.405. The van der Waals surface area contributed by atoms with Crippen LogP contribution in [0.3, 0.4) is 0 Å². The Morgan fingerprint density at radius 2 is 2.17 bits per heavy atom. The van der Waals surface area contributed by atoms with Crippen molar-refractivity contribution in [2.24, 2.45) is 0 Å². The third-order valence-corrected chi connectivity index (χ3v) is 2.42. The van der Waals surface area contributed by atoms with E-state index >= 15 is 0 Å². The van der Waals surface area contributed by atoms with Gasteiger partial charge in [-0.2, -0.15) is 23.5 Å². The predicted octanol–water partition coefficient (Wildman–Crippen LogP) is 2.06. The molecule has 0 aliphatic rings. The van der Waals surface area contributed by atoms with Gasteiger partial charge in [0.1, 0.15) is 0 Å². The Balaban J connectivity index is 2.34. The summed E-state index contributed by atoms with van der Waals surface area (Å²) in [6.45, 7) is 2.18. The highest BCUT2D eigenvalue weighted by molar-refractivity contribution is 8.15. The summed E-state index contributed by atoms with van der Waals surface area (Å²) in [6.07, 6.45) is 2.13. The quantitative estimate of drug-likeness (QED) is 0.415. The Morgan fingerprint density at radius 1 is 1.50 bits per heavy atom. The van der Waals surface area contributed by atoms with Gasteiger partial charge in [-0.15, -0.1) is 0 Å². The van der Waals surface area contributed by atoms with Gasteiger partial charge in [-0.05, 0) is 12.0 Å². The molecule has 0 aromatic carbocycles. The van der Waals surface area contributed by atoms with Crippen LogP contribution in [0, 0.1) is 0 Å². The second kappa shape index (κ2) is 5.70. The van der Waals surface area contributed by atoms with E-state index in [1.165, 1.54) is 10.8 Å². The SMILES string of the molecule is CCSCSC. The van der Waals surface area contributed by atoms with Crippen molar-refractivity contribution < 1.29 is 0 Å². The Kier molecular flexibility index (Phi) is 6.36. The normalized spacial score (nSPS) is 9.00. The van der Waals surface area contributed by atoms with Crippen molar-refractivity contribution in [3.8, 4) is 0 Å². The van der Waals surface area contributed by atoms with E-state index in [-0.39, 0.29) is 0 Å². The van der Waals surface area contributed by atoms with E-state index in [0.29, 0.717) is 0 Å². The number of rotatable bonds is 3. The van der Waals surface area contributed by atoms with Crippen molar-refractivity contribution in [3.63, 3.8) is 0 Å². The highest BCUT2D eigenvalue weighted by Crippen LogP contribution is 2.05. The highest BCUT2D eigenvalue weighted by Gasteiger charge is 1.74. The molecular weight excluding hydrogens is 112 g/mol. The Morgan fingerprint density at radius 3 is 2.33 bits per heavy atom. The first-order valence-corrected chi connectivity index (χ1v) is 4.53. The molecule has 0 fully saturated rings. The smallest absolute Gasteiger partial charge is 0.0389 e. The zero-order valence-corrected chi connectivity index (χ0v) is 5.86. The van der Waals surface area contributed by atoms with Crippen molar-refractivity contribution >= 4 is 23.5 Å². The fraction of sp³-hybridized carbons (Fsp3) is 1.00. The molecule has 0 radical (unpaired) electrons. The fourth-order valence-corrected chi connectivity index (χ4v) is 1.50. The minimum Gasteiger partial charge on any atom is -0.155 e. The van der Waals surface area contributed by atoms with Crippen molar-refractivity contribution in [3.05, 3.63) is 0 Å². The zero-order chi connectivity index (χ0) is 4.83. The Labute approximate surface area is 48.1 Å². The van der Waals surface area contributed by atoms with Crippen LogP contribution in [0.1, 0.15) is 6.92 Å². The van der Waals surface area contributed by atoms with Crippen LogP contribution >= 0.6 is 23.5 Å². The third kappa shape index (κ3) is 4.70. The molecule has 0 N–H and O–H groups in total. The maximum absolute atomic E-state index is 2.18. The summed E-state index contributed by atoms with van der Waals surface area (Å²) in [5.41, 5.74) is 0. The molecule has 0 aliphatic carbocycles. The van der Waals surface area contributed by atoms with Crippen LogP contribution in [0.15, 0.2) is 0 Å². The van der Waals surface area contributed by atoms with Crippen molar-refractivity contribution in [1.29, 1.82) is 0 Å². The van der Waals surface area contributed by atoms with E-state index in [0.717, 1.165) is 0 Å². The Bertz CT molecular complexity index is 17.5. The molecule has 0 spiro atoms. The summed E-state index contributed by atoms with van der Waals surface area (Å²) in [5.74, 6) is 1.25. The molecule has 0 rings (SSSR count). The molecule has 0 amide bonds. The van der Waals surface area contributed by atoms with E-state index in [2.05, 4.69) is 13.2 Å². The summed E-state index contributed by atoms with van der Waals surface area (Å²) in [7, 11) is 0. The van der Waals surface area contributed by atoms with Gasteiger partial charge in [-0.3, -0.25) is 0 Å². The summed E-state index contributed by atoms with van der Waals surface area (Å²) >= 11 is 3.86. The molecule has 0 aromatic heterocycles. The van der Waals surface area contributed by atoms with Crippen molar-refractivity contribution in [2.45, 2.75) is 6.92 Å². The van der Waals surface area contributed by atoms with Gasteiger partial charge in [0.25, 0.3) is 0 Å². The average Bonchev–Trinajstić information content (AvgIpc) is 1.61. The topological polar surface area (TPSA) is 0 Å².